The van der Waals surface area contributed by atoms with E-state index in [1.807, 2.05) is 224 Å². The number of aromatic nitrogens is 6. The zero-order valence-corrected chi connectivity index (χ0v) is 82.4. The highest BCUT2D eigenvalue weighted by molar-refractivity contribution is 14.1. The fraction of sp³-hybridized carbons (Fsp3) is 0.241. The van der Waals surface area contributed by atoms with Gasteiger partial charge in [-0.3, -0.25) is 36.7 Å². The van der Waals surface area contributed by atoms with Crippen molar-refractivity contribution in [2.45, 2.75) is 130 Å². The van der Waals surface area contributed by atoms with Crippen LogP contribution in [0, 0.1) is 27.8 Å². The van der Waals surface area contributed by atoms with E-state index in [1.54, 1.807) is 155 Å². The summed E-state index contributed by atoms with van der Waals surface area (Å²) in [6.45, 7) is 16.3. The smallest absolute Gasteiger partial charge is 0.413 e. The van der Waals surface area contributed by atoms with Gasteiger partial charge < -0.3 is 54.1 Å². The number of amides is 8. The van der Waals surface area contributed by atoms with Crippen LogP contribution in [0.5, 0.6) is 34.5 Å². The fourth-order valence-corrected chi connectivity index (χ4v) is 12.9. The van der Waals surface area contributed by atoms with Crippen molar-refractivity contribution in [3.63, 3.8) is 0 Å². The van der Waals surface area contributed by atoms with Crippen molar-refractivity contribution in [1.82, 2.24) is 35.2 Å². The second-order valence-electron chi connectivity index (χ2n) is 32.7. The molecule has 0 unspecified atom stereocenters. The van der Waals surface area contributed by atoms with Gasteiger partial charge in [0, 0.05) is 51.9 Å². The highest BCUT2D eigenvalue weighted by Gasteiger charge is 2.21. The van der Waals surface area contributed by atoms with E-state index in [1.165, 1.54) is 11.1 Å². The molecule has 29 nitrogen and oxygen atoms in total. The SMILES string of the molecule is C#Cc1ccccc1OC.CC(C)(C)OC(=O)Nc1cc(I)ccn1.COc1ccccc1C#Cc1ccnc(NC(=O)OC(C)(C)C)c1.COc1ccccc1CCc1ccnc(N)c1.COc1ccccc1CCc1ccnc(NC(=O)NC(=O)c2ccccc2)c1.COc1ccccc1CCc1ccnc(NC(=O)OC(C)(C)C)c1.COc1ccccc1CCc1ccnc(NC(N)=O)c1. The largest absolute Gasteiger partial charge is 0.496 e. The van der Waals surface area contributed by atoms with Crippen molar-refractivity contribution in [2.24, 2.45) is 5.73 Å². The number of imide groups is 1. The van der Waals surface area contributed by atoms with Gasteiger partial charge in [-0.1, -0.05) is 133 Å². The minimum atomic E-state index is -0.622. The molecule has 718 valence electrons. The molecule has 30 heteroatoms. The number of urea groups is 2. The maximum absolute atomic E-state index is 12.1. The van der Waals surface area contributed by atoms with Crippen molar-refractivity contribution in [2.75, 3.05) is 75.0 Å². The van der Waals surface area contributed by atoms with E-state index >= 15 is 0 Å². The number of anilines is 6. The fourth-order valence-electron chi connectivity index (χ4n) is 12.5. The summed E-state index contributed by atoms with van der Waals surface area (Å²) < 4.78 is 48.2. The lowest BCUT2D eigenvalue weighted by Crippen LogP contribution is -2.34. The van der Waals surface area contributed by atoms with Gasteiger partial charge in [-0.15, -0.1) is 6.42 Å². The average Bonchev–Trinajstić information content (AvgIpc) is 0.891. The van der Waals surface area contributed by atoms with Gasteiger partial charge in [0.25, 0.3) is 5.91 Å². The van der Waals surface area contributed by atoms with Crippen LogP contribution in [0.2, 0.25) is 0 Å². The molecular weight excluding hydrogens is 1860 g/mol. The van der Waals surface area contributed by atoms with Crippen LogP contribution in [0.1, 0.15) is 134 Å². The number of nitrogens with zero attached hydrogens (tertiary/aromatic N) is 6. The predicted octanol–water partition coefficient (Wildman–Crippen LogP) is 21.4. The Morgan fingerprint density at radius 1 is 0.341 bits per heavy atom. The number of hydrogen-bond acceptors (Lipinski definition) is 22. The molecule has 0 spiro atoms. The Balaban J connectivity index is 0.000000223. The maximum Gasteiger partial charge on any atom is 0.413 e. The molecule has 7 aromatic carbocycles. The molecule has 0 atom stereocenters. The van der Waals surface area contributed by atoms with Crippen LogP contribution in [-0.4, -0.2) is 126 Å². The Kier molecular flexibility index (Phi) is 45.4. The number of terminal acetylenes is 1. The summed E-state index contributed by atoms with van der Waals surface area (Å²) >= 11 is 2.15. The van der Waals surface area contributed by atoms with E-state index in [0.717, 1.165) is 134 Å². The van der Waals surface area contributed by atoms with Crippen molar-refractivity contribution in [1.29, 1.82) is 0 Å². The molecule has 0 aliphatic rings. The summed E-state index contributed by atoms with van der Waals surface area (Å²) in [5, 5.41) is 15.2. The number of primary amides is 1. The molecule has 13 aromatic rings. The number of halogens is 1. The van der Waals surface area contributed by atoms with Gasteiger partial charge in [0.2, 0.25) is 0 Å². The Hall–Kier alpha value is -16.1. The van der Waals surface area contributed by atoms with Gasteiger partial charge >= 0.3 is 30.3 Å². The van der Waals surface area contributed by atoms with Crippen LogP contribution in [0.25, 0.3) is 0 Å². The monoisotopic (exact) mass is 1980 g/mol. The third kappa shape index (κ3) is 42.4. The number of carbonyl (C=O) groups excluding carboxylic acids is 6. The lowest BCUT2D eigenvalue weighted by atomic mass is 10.0. The van der Waals surface area contributed by atoms with Crippen molar-refractivity contribution < 1.29 is 71.4 Å². The molecule has 10 N–H and O–H groups in total. The van der Waals surface area contributed by atoms with Crippen molar-refractivity contribution >= 4 is 93.7 Å². The maximum atomic E-state index is 12.1. The number of nitrogen functional groups attached to an aromatic ring is 1. The number of ether oxygens (including phenoxy) is 9. The zero-order valence-electron chi connectivity index (χ0n) is 80.2. The van der Waals surface area contributed by atoms with Crippen LogP contribution >= 0.6 is 22.6 Å². The summed E-state index contributed by atoms with van der Waals surface area (Å²) in [7, 11) is 9.91. The first-order valence-electron chi connectivity index (χ1n) is 43.7. The lowest BCUT2D eigenvalue weighted by molar-refractivity contribution is 0.0624. The number of benzene rings is 7. The number of nitrogens with two attached hydrogens (primary N) is 2. The first-order chi connectivity index (χ1) is 66.1. The molecule has 6 heterocycles. The molecule has 8 amide bonds. The standard InChI is InChI=1S/C22H21N3O3.C19H24N2O3.C19H20N2O3.C15H17N3O2.C14H16N2O.C10H13IN2O2.C9H8O/c1-28-19-10-6-5-7-17(19)12-11-16-13-14-23-20(15-16)24-22(27)25-21(26)18-8-3-2-4-9-18;2*1-19(2,3)24-18(22)21-17-13-14(11-12-20-17)9-10-15-7-5-6-8-16(15)23-4;1-20-13-5-3-2-4-12(13)7-6-11-8-9-17-14(10-11)18-15(16)19;1-17-13-5-3-2-4-12(13)7-6-11-8-9-16-14(15)10-11;1-10(2,3)15-9(14)13-8-6-7(11)4-5-12-8;1-3-8-6-4-5-7-9(8)10-2/h2-10,13-15H,11-12H2,1H3,(H2,23,24,25,26,27);5-8,11-13H,9-10H2,1-4H3,(H,20,21,22);5-8,11-13H,1-4H3,(H,20,21,22);2-5,8-10H,6-7H2,1H3,(H3,16,17,18,19);2-5,8-10H,6-7H2,1H3,(H2,15,16);4-6H,1-3H3,(H,12,13,14);1,4-7H,2H3. The Bertz CT molecular complexity index is 6190. The minimum Gasteiger partial charge on any atom is -0.496 e. The van der Waals surface area contributed by atoms with E-state index in [2.05, 4.69) is 114 Å². The van der Waals surface area contributed by atoms with E-state index < -0.39 is 53.1 Å². The normalized spacial score (nSPS) is 10.3. The van der Waals surface area contributed by atoms with E-state index in [-0.39, 0.29) is 0 Å². The molecule has 138 heavy (non-hydrogen) atoms. The second-order valence-corrected chi connectivity index (χ2v) is 34.0. The zero-order chi connectivity index (χ0) is 100. The van der Waals surface area contributed by atoms with Crippen LogP contribution in [-0.2, 0) is 65.6 Å². The third-order valence-electron chi connectivity index (χ3n) is 18.7. The second kappa shape index (κ2) is 57.5. The van der Waals surface area contributed by atoms with Gasteiger partial charge in [-0.2, -0.15) is 0 Å². The quantitative estimate of drug-likeness (QED) is 0.0158. The Morgan fingerprint density at radius 2 is 0.652 bits per heavy atom. The number of rotatable bonds is 24. The molecule has 0 fully saturated rings. The highest BCUT2D eigenvalue weighted by atomic mass is 127. The number of hydrogen-bond donors (Lipinski definition) is 8. The van der Waals surface area contributed by atoms with E-state index in [4.69, 9.17) is 60.5 Å². The molecule has 0 saturated heterocycles. The lowest BCUT2D eigenvalue weighted by Gasteiger charge is -2.19. The number of para-hydroxylation sites is 6. The van der Waals surface area contributed by atoms with Crippen molar-refractivity contribution in [3.05, 3.63) is 356 Å². The van der Waals surface area contributed by atoms with E-state index in [0.29, 0.717) is 46.2 Å². The van der Waals surface area contributed by atoms with Gasteiger partial charge in [0.05, 0.1) is 53.8 Å². The molecule has 0 saturated carbocycles. The summed E-state index contributed by atoms with van der Waals surface area (Å²) in [4.78, 5) is 94.2. The van der Waals surface area contributed by atoms with Gasteiger partial charge in [0.15, 0.2) is 0 Å². The molecule has 0 bridgehead atoms. The molecule has 0 radical (unpaired) electrons. The first-order valence-corrected chi connectivity index (χ1v) is 44.8. The number of carbonyl (C=O) groups is 6. The summed E-state index contributed by atoms with van der Waals surface area (Å²) in [5.74, 6) is 16.0. The van der Waals surface area contributed by atoms with Gasteiger partial charge in [-0.25, -0.2) is 53.9 Å². The molecule has 0 aliphatic heterocycles. The number of nitrogens with one attached hydrogen (secondary N) is 6. The summed E-state index contributed by atoms with van der Waals surface area (Å²) in [5.41, 5.74) is 20.9. The van der Waals surface area contributed by atoms with Crippen molar-refractivity contribution in [3.8, 4) is 58.7 Å². The molecule has 0 aliphatic carbocycles. The number of methoxy groups -OCH3 is 6. The van der Waals surface area contributed by atoms with Gasteiger partial charge in [-0.05, 0) is 314 Å². The van der Waals surface area contributed by atoms with Crippen LogP contribution in [0.4, 0.5) is 58.9 Å². The van der Waals surface area contributed by atoms with E-state index in [9.17, 15) is 28.8 Å². The average molecular weight is 1980 g/mol. The Labute approximate surface area is 821 Å². The molecular formula is C108H119IN14O15. The van der Waals surface area contributed by atoms with Crippen LogP contribution in [0.3, 0.4) is 0 Å². The summed E-state index contributed by atoms with van der Waals surface area (Å²) in [6.07, 6.45) is 20.4. The van der Waals surface area contributed by atoms with Crippen LogP contribution < -0.4 is 71.8 Å². The number of aryl methyl sites for hydroxylation is 8. The summed E-state index contributed by atoms with van der Waals surface area (Å²) in [6, 6.07) is 76.4. The molecule has 13 rings (SSSR count). The highest BCUT2D eigenvalue weighted by Crippen LogP contribution is 2.27. The first kappa shape index (κ1) is 109. The minimum absolute atomic E-state index is 0.385. The number of pyridine rings is 6. The topological polar surface area (TPSA) is 387 Å². The Morgan fingerprint density at radius 3 is 1.01 bits per heavy atom. The third-order valence-corrected chi connectivity index (χ3v) is 19.3. The molecule has 6 aromatic heterocycles. The van der Waals surface area contributed by atoms with Gasteiger partial charge in [0.1, 0.15) is 86.2 Å². The predicted molar refractivity (Wildman–Crippen MR) is 550 cm³/mol. The van der Waals surface area contributed by atoms with Crippen LogP contribution in [0.15, 0.2) is 286 Å².